The number of hydrogen-bond acceptors (Lipinski definition) is 4. The van der Waals surface area contributed by atoms with E-state index in [0.717, 1.165) is 39.1 Å². The molecule has 6 nitrogen and oxygen atoms in total. The summed E-state index contributed by atoms with van der Waals surface area (Å²) in [6.45, 7) is 5.17. The van der Waals surface area contributed by atoms with Gasteiger partial charge in [0.2, 0.25) is 5.91 Å². The van der Waals surface area contributed by atoms with Crippen molar-refractivity contribution < 1.29 is 14.3 Å². The van der Waals surface area contributed by atoms with Gasteiger partial charge in [0.25, 0.3) is 5.91 Å². The molecule has 3 saturated heterocycles. The second kappa shape index (κ2) is 8.39. The summed E-state index contributed by atoms with van der Waals surface area (Å²) in [5.41, 5.74) is 0.612. The third-order valence-electron chi connectivity index (χ3n) is 6.26. The Labute approximate surface area is 171 Å². The van der Waals surface area contributed by atoms with Gasteiger partial charge in [0, 0.05) is 55.1 Å². The molecule has 2 atom stereocenters. The summed E-state index contributed by atoms with van der Waals surface area (Å²) in [4.78, 5) is 32.1. The van der Waals surface area contributed by atoms with Gasteiger partial charge in [-0.3, -0.25) is 14.5 Å². The zero-order valence-corrected chi connectivity index (χ0v) is 17.1. The van der Waals surface area contributed by atoms with E-state index in [0.29, 0.717) is 36.2 Å². The smallest absolute Gasteiger partial charge is 0.253 e. The number of hydrogen-bond donors (Lipinski definition) is 0. The van der Waals surface area contributed by atoms with Crippen LogP contribution < -0.4 is 0 Å². The standard InChI is InChI=1S/C21H28ClN3O3/c1-23-10-15-11-25(12-19(23)14-28-13-15)20(26)16-5-7-24(8-6-16)21(27)17-3-2-4-18(22)9-17/h2-4,9,15-16,19H,5-8,10-14H2,1H3/t15-,19+/m1/s1. The van der Waals surface area contributed by atoms with Gasteiger partial charge in [-0.1, -0.05) is 17.7 Å². The molecule has 2 bridgehead atoms. The van der Waals surface area contributed by atoms with Crippen molar-refractivity contribution in [3.8, 4) is 0 Å². The maximum absolute atomic E-state index is 13.2. The fraction of sp³-hybridized carbons (Fsp3) is 0.619. The Balaban J connectivity index is 1.36. The van der Waals surface area contributed by atoms with E-state index in [4.69, 9.17) is 16.3 Å². The lowest BCUT2D eigenvalue weighted by Gasteiger charge is -2.36. The van der Waals surface area contributed by atoms with E-state index >= 15 is 0 Å². The second-order valence-electron chi connectivity index (χ2n) is 8.32. The van der Waals surface area contributed by atoms with Crippen molar-refractivity contribution in [2.24, 2.45) is 11.8 Å². The number of halogens is 1. The monoisotopic (exact) mass is 405 g/mol. The minimum absolute atomic E-state index is 0.00326. The molecule has 3 aliphatic rings. The molecule has 7 heteroatoms. The van der Waals surface area contributed by atoms with Crippen LogP contribution in [0.1, 0.15) is 23.2 Å². The Hall–Kier alpha value is -1.63. The number of amides is 2. The number of nitrogens with zero attached hydrogens (tertiary/aromatic N) is 3. The van der Waals surface area contributed by atoms with Gasteiger partial charge in [0.15, 0.2) is 0 Å². The molecule has 4 rings (SSSR count). The molecule has 0 aromatic heterocycles. The number of carbonyl (C=O) groups excluding carboxylic acids is 2. The highest BCUT2D eigenvalue weighted by atomic mass is 35.5. The van der Waals surface area contributed by atoms with Gasteiger partial charge in [-0.15, -0.1) is 0 Å². The van der Waals surface area contributed by atoms with Crippen LogP contribution in [0.5, 0.6) is 0 Å². The largest absolute Gasteiger partial charge is 0.379 e. The maximum atomic E-state index is 13.2. The topological polar surface area (TPSA) is 53.1 Å². The van der Waals surface area contributed by atoms with Gasteiger partial charge in [0.1, 0.15) is 0 Å². The van der Waals surface area contributed by atoms with Crippen LogP contribution in [-0.2, 0) is 9.53 Å². The van der Waals surface area contributed by atoms with Crippen molar-refractivity contribution in [3.63, 3.8) is 0 Å². The van der Waals surface area contributed by atoms with E-state index in [1.807, 2.05) is 4.90 Å². The molecule has 3 fully saturated rings. The Morgan fingerprint density at radius 1 is 1.07 bits per heavy atom. The summed E-state index contributed by atoms with van der Waals surface area (Å²) in [5, 5.41) is 0.566. The summed E-state index contributed by atoms with van der Waals surface area (Å²) in [6.07, 6.45) is 1.45. The molecular formula is C21H28ClN3O3. The molecule has 0 saturated carbocycles. The molecular weight excluding hydrogens is 378 g/mol. The van der Waals surface area contributed by atoms with Crippen LogP contribution in [0.15, 0.2) is 24.3 Å². The molecule has 28 heavy (non-hydrogen) atoms. The average molecular weight is 406 g/mol. The molecule has 1 aromatic rings. The van der Waals surface area contributed by atoms with Crippen molar-refractivity contribution in [1.82, 2.24) is 14.7 Å². The third kappa shape index (κ3) is 4.19. The number of likely N-dealkylation sites (tertiary alicyclic amines) is 1. The van der Waals surface area contributed by atoms with Gasteiger partial charge in [0.05, 0.1) is 19.3 Å². The van der Waals surface area contributed by atoms with Crippen LogP contribution in [-0.4, -0.2) is 85.5 Å². The fourth-order valence-electron chi connectivity index (χ4n) is 4.62. The van der Waals surface area contributed by atoms with Crippen LogP contribution in [0.4, 0.5) is 0 Å². The summed E-state index contributed by atoms with van der Waals surface area (Å²) in [7, 11) is 2.13. The first-order valence-electron chi connectivity index (χ1n) is 10.1. The third-order valence-corrected chi connectivity index (χ3v) is 6.49. The Morgan fingerprint density at radius 3 is 2.61 bits per heavy atom. The van der Waals surface area contributed by atoms with Crippen molar-refractivity contribution >= 4 is 23.4 Å². The molecule has 0 radical (unpaired) electrons. The molecule has 0 unspecified atom stereocenters. The van der Waals surface area contributed by atoms with E-state index in [2.05, 4.69) is 16.8 Å². The number of likely N-dealkylation sites (N-methyl/N-ethyl adjacent to an activating group) is 1. The quantitative estimate of drug-likeness (QED) is 0.755. The van der Waals surface area contributed by atoms with Crippen molar-refractivity contribution in [3.05, 3.63) is 34.9 Å². The lowest BCUT2D eigenvalue weighted by molar-refractivity contribution is -0.138. The van der Waals surface area contributed by atoms with E-state index < -0.39 is 0 Å². The second-order valence-corrected chi connectivity index (χ2v) is 8.75. The van der Waals surface area contributed by atoms with Crippen LogP contribution in [0.25, 0.3) is 0 Å². The number of fused-ring (bicyclic) bond motifs is 3. The first-order valence-corrected chi connectivity index (χ1v) is 10.5. The average Bonchev–Trinajstić information content (AvgIpc) is 2.95. The number of carbonyl (C=O) groups is 2. The first kappa shape index (κ1) is 19.7. The van der Waals surface area contributed by atoms with Crippen LogP contribution in [0.2, 0.25) is 5.02 Å². The molecule has 3 heterocycles. The Bertz CT molecular complexity index is 735. The van der Waals surface area contributed by atoms with E-state index in [1.54, 1.807) is 24.3 Å². The van der Waals surface area contributed by atoms with Gasteiger partial charge in [-0.2, -0.15) is 0 Å². The first-order chi connectivity index (χ1) is 13.5. The van der Waals surface area contributed by atoms with Crippen LogP contribution >= 0.6 is 11.6 Å². The Morgan fingerprint density at radius 2 is 1.86 bits per heavy atom. The summed E-state index contributed by atoms with van der Waals surface area (Å²) in [5.74, 6) is 0.637. The molecule has 0 aliphatic carbocycles. The van der Waals surface area contributed by atoms with Gasteiger partial charge in [-0.05, 0) is 38.1 Å². The number of rotatable bonds is 2. The highest BCUT2D eigenvalue weighted by Gasteiger charge is 2.37. The highest BCUT2D eigenvalue weighted by Crippen LogP contribution is 2.25. The van der Waals surface area contributed by atoms with E-state index in [9.17, 15) is 9.59 Å². The fourth-order valence-corrected chi connectivity index (χ4v) is 4.81. The molecule has 1 aromatic carbocycles. The maximum Gasteiger partial charge on any atom is 0.253 e. The van der Waals surface area contributed by atoms with Crippen molar-refractivity contribution in [1.29, 1.82) is 0 Å². The SMILES string of the molecule is CN1C[C@H]2COC[C@@H]1CN(C(=O)C1CCN(C(=O)c3cccc(Cl)c3)CC1)C2. The van der Waals surface area contributed by atoms with Gasteiger partial charge < -0.3 is 14.5 Å². The van der Waals surface area contributed by atoms with Crippen molar-refractivity contribution in [2.45, 2.75) is 18.9 Å². The summed E-state index contributed by atoms with van der Waals surface area (Å²) in [6, 6.07) is 7.33. The summed E-state index contributed by atoms with van der Waals surface area (Å²) < 4.78 is 5.76. The number of benzene rings is 1. The van der Waals surface area contributed by atoms with Crippen LogP contribution in [0.3, 0.4) is 0 Å². The zero-order valence-electron chi connectivity index (χ0n) is 16.3. The molecule has 3 aliphatic heterocycles. The molecule has 2 amide bonds. The van der Waals surface area contributed by atoms with Gasteiger partial charge >= 0.3 is 0 Å². The van der Waals surface area contributed by atoms with E-state index in [-0.39, 0.29) is 23.8 Å². The van der Waals surface area contributed by atoms with Crippen LogP contribution in [0, 0.1) is 11.8 Å². The lowest BCUT2D eigenvalue weighted by atomic mass is 9.94. The highest BCUT2D eigenvalue weighted by molar-refractivity contribution is 6.30. The predicted molar refractivity (Wildman–Crippen MR) is 107 cm³/mol. The van der Waals surface area contributed by atoms with Crippen molar-refractivity contribution in [2.75, 3.05) is 53.0 Å². The molecule has 0 N–H and O–H groups in total. The molecule has 152 valence electrons. The lowest BCUT2D eigenvalue weighted by Crippen LogP contribution is -2.49. The van der Waals surface area contributed by atoms with Gasteiger partial charge in [-0.25, -0.2) is 0 Å². The summed E-state index contributed by atoms with van der Waals surface area (Å²) >= 11 is 6.01. The normalized spacial score (nSPS) is 26.8. The minimum atomic E-state index is -0.00326. The predicted octanol–water partition coefficient (Wildman–Crippen LogP) is 1.98. The Kier molecular flexibility index (Phi) is 5.90. The number of piperidine rings is 1. The minimum Gasteiger partial charge on any atom is -0.379 e. The zero-order chi connectivity index (χ0) is 19.7. The number of ether oxygens (including phenoxy) is 1. The molecule has 0 spiro atoms. The van der Waals surface area contributed by atoms with E-state index in [1.165, 1.54) is 0 Å².